The van der Waals surface area contributed by atoms with Gasteiger partial charge >= 0.3 is 0 Å². The van der Waals surface area contributed by atoms with Gasteiger partial charge in [0, 0.05) is 24.7 Å². The molecule has 3 heteroatoms. The van der Waals surface area contributed by atoms with Crippen LogP contribution in [0.5, 0.6) is 0 Å². The Hall–Kier alpha value is -0.380. The second-order valence-corrected chi connectivity index (χ2v) is 5.50. The molecule has 0 spiro atoms. The van der Waals surface area contributed by atoms with Crippen molar-refractivity contribution in [2.45, 2.75) is 32.1 Å². The fourth-order valence-corrected chi connectivity index (χ4v) is 2.31. The number of methoxy groups -OCH3 is 1. The van der Waals surface area contributed by atoms with Crippen LogP contribution in [0.25, 0.3) is 0 Å². The van der Waals surface area contributed by atoms with Crippen LogP contribution >= 0.6 is 15.9 Å². The molecule has 0 fully saturated rings. The number of benzene rings is 1. The van der Waals surface area contributed by atoms with Gasteiger partial charge in [-0.3, -0.25) is 0 Å². The van der Waals surface area contributed by atoms with Crippen LogP contribution in [0, 0.1) is 0 Å². The van der Waals surface area contributed by atoms with Crippen molar-refractivity contribution in [3.8, 4) is 0 Å². The van der Waals surface area contributed by atoms with Gasteiger partial charge in [-0.1, -0.05) is 35.0 Å². The third-order valence-electron chi connectivity index (χ3n) is 3.06. The summed E-state index contributed by atoms with van der Waals surface area (Å²) < 4.78 is 6.29. The Morgan fingerprint density at radius 2 is 2.00 bits per heavy atom. The van der Waals surface area contributed by atoms with Crippen LogP contribution in [0.15, 0.2) is 28.7 Å². The highest BCUT2D eigenvalue weighted by Gasteiger charge is 2.10. The average molecular weight is 314 g/mol. The molecule has 18 heavy (non-hydrogen) atoms. The molecule has 0 aliphatic heterocycles. The highest BCUT2D eigenvalue weighted by Crippen LogP contribution is 2.22. The average Bonchev–Trinajstić information content (AvgIpc) is 2.38. The Balaban J connectivity index is 2.54. The van der Waals surface area contributed by atoms with E-state index in [4.69, 9.17) is 4.74 Å². The van der Waals surface area contributed by atoms with E-state index >= 15 is 0 Å². The van der Waals surface area contributed by atoms with Crippen molar-refractivity contribution in [3.05, 3.63) is 34.3 Å². The predicted molar refractivity (Wildman–Crippen MR) is 81.2 cm³/mol. The molecular weight excluding hydrogens is 290 g/mol. The molecule has 0 saturated heterocycles. The maximum atomic E-state index is 5.14. The first-order valence-electron chi connectivity index (χ1n) is 6.73. The molecule has 1 unspecified atom stereocenters. The topological polar surface area (TPSA) is 21.3 Å². The summed E-state index contributed by atoms with van der Waals surface area (Å²) in [4.78, 5) is 0. The van der Waals surface area contributed by atoms with Gasteiger partial charge in [0.05, 0.1) is 0 Å². The zero-order chi connectivity index (χ0) is 13.2. The van der Waals surface area contributed by atoms with Crippen LogP contribution in [0.2, 0.25) is 0 Å². The highest BCUT2D eigenvalue weighted by atomic mass is 79.9. The second-order valence-electron chi connectivity index (χ2n) is 4.59. The molecule has 0 heterocycles. The monoisotopic (exact) mass is 313 g/mol. The number of ether oxygens (including phenoxy) is 1. The van der Waals surface area contributed by atoms with E-state index in [9.17, 15) is 0 Å². The fraction of sp³-hybridized carbons (Fsp3) is 0.600. The lowest BCUT2D eigenvalue weighted by Gasteiger charge is -2.18. The zero-order valence-corrected chi connectivity index (χ0v) is 13.0. The summed E-state index contributed by atoms with van der Waals surface area (Å²) in [5.74, 6) is 0.583. The van der Waals surface area contributed by atoms with E-state index in [2.05, 4.69) is 52.4 Å². The van der Waals surface area contributed by atoms with Crippen molar-refractivity contribution in [1.82, 2.24) is 5.32 Å². The SMILES string of the molecule is CCCNCC(CCCOC)c1ccc(Br)cc1. The van der Waals surface area contributed by atoms with Crippen molar-refractivity contribution < 1.29 is 4.74 Å². The van der Waals surface area contributed by atoms with Gasteiger partial charge in [0.25, 0.3) is 0 Å². The van der Waals surface area contributed by atoms with Crippen LogP contribution in [0.1, 0.15) is 37.7 Å². The smallest absolute Gasteiger partial charge is 0.0462 e. The van der Waals surface area contributed by atoms with E-state index in [-0.39, 0.29) is 0 Å². The fourth-order valence-electron chi connectivity index (χ4n) is 2.05. The third-order valence-corrected chi connectivity index (χ3v) is 3.59. The summed E-state index contributed by atoms with van der Waals surface area (Å²) in [6.45, 7) is 5.20. The molecule has 1 aromatic rings. The van der Waals surface area contributed by atoms with Crippen molar-refractivity contribution in [2.75, 3.05) is 26.8 Å². The molecule has 0 aliphatic rings. The first-order valence-corrected chi connectivity index (χ1v) is 7.52. The number of halogens is 1. The Bertz CT molecular complexity index is 303. The van der Waals surface area contributed by atoms with Crippen LogP contribution in [0.4, 0.5) is 0 Å². The molecule has 0 saturated carbocycles. The minimum atomic E-state index is 0.583. The summed E-state index contributed by atoms with van der Waals surface area (Å²) in [6.07, 6.45) is 3.47. The Labute approximate surface area is 119 Å². The molecule has 2 nitrogen and oxygen atoms in total. The minimum Gasteiger partial charge on any atom is -0.385 e. The first-order chi connectivity index (χ1) is 8.77. The maximum absolute atomic E-state index is 5.14. The molecular formula is C15H24BrNO. The standard InChI is InChI=1S/C15H24BrNO/c1-3-10-17-12-14(5-4-11-18-2)13-6-8-15(16)9-7-13/h6-9,14,17H,3-5,10-12H2,1-2H3. The first kappa shape index (κ1) is 15.7. The zero-order valence-electron chi connectivity index (χ0n) is 11.4. The molecule has 1 atom stereocenters. The second kappa shape index (κ2) is 9.54. The molecule has 0 radical (unpaired) electrons. The maximum Gasteiger partial charge on any atom is 0.0462 e. The molecule has 0 amide bonds. The molecule has 0 aliphatic carbocycles. The van der Waals surface area contributed by atoms with E-state index in [1.807, 2.05) is 0 Å². The van der Waals surface area contributed by atoms with E-state index in [0.717, 1.165) is 30.6 Å². The van der Waals surface area contributed by atoms with Crippen LogP contribution < -0.4 is 5.32 Å². The number of rotatable bonds is 9. The van der Waals surface area contributed by atoms with Crippen LogP contribution in [-0.4, -0.2) is 26.8 Å². The molecule has 0 bridgehead atoms. The number of nitrogens with one attached hydrogen (secondary N) is 1. The van der Waals surface area contributed by atoms with Gasteiger partial charge < -0.3 is 10.1 Å². The van der Waals surface area contributed by atoms with Crippen molar-refractivity contribution >= 4 is 15.9 Å². The highest BCUT2D eigenvalue weighted by molar-refractivity contribution is 9.10. The molecule has 1 aromatic carbocycles. The molecule has 1 rings (SSSR count). The predicted octanol–water partition coefficient (Wildman–Crippen LogP) is 3.96. The van der Waals surface area contributed by atoms with E-state index in [1.54, 1.807) is 7.11 Å². The summed E-state index contributed by atoms with van der Waals surface area (Å²) in [5.41, 5.74) is 1.41. The summed E-state index contributed by atoms with van der Waals surface area (Å²) >= 11 is 3.49. The van der Waals surface area contributed by atoms with Gasteiger partial charge in [0.2, 0.25) is 0 Å². The Morgan fingerprint density at radius 3 is 2.61 bits per heavy atom. The van der Waals surface area contributed by atoms with Gasteiger partial charge in [-0.15, -0.1) is 0 Å². The summed E-state index contributed by atoms with van der Waals surface area (Å²) in [6, 6.07) is 8.68. The number of hydrogen-bond donors (Lipinski definition) is 1. The van der Waals surface area contributed by atoms with Gasteiger partial charge in [0.15, 0.2) is 0 Å². The lowest BCUT2D eigenvalue weighted by molar-refractivity contribution is 0.190. The largest absolute Gasteiger partial charge is 0.385 e. The van der Waals surface area contributed by atoms with Gasteiger partial charge in [-0.05, 0) is 49.4 Å². The van der Waals surface area contributed by atoms with Crippen LogP contribution in [0.3, 0.4) is 0 Å². The Morgan fingerprint density at radius 1 is 1.28 bits per heavy atom. The van der Waals surface area contributed by atoms with E-state index in [1.165, 1.54) is 18.4 Å². The molecule has 1 N–H and O–H groups in total. The lowest BCUT2D eigenvalue weighted by atomic mass is 9.94. The number of hydrogen-bond acceptors (Lipinski definition) is 2. The normalized spacial score (nSPS) is 12.6. The Kier molecular flexibility index (Phi) is 8.31. The van der Waals surface area contributed by atoms with E-state index in [0.29, 0.717) is 5.92 Å². The molecule has 102 valence electrons. The van der Waals surface area contributed by atoms with Gasteiger partial charge in [0.1, 0.15) is 0 Å². The van der Waals surface area contributed by atoms with E-state index < -0.39 is 0 Å². The van der Waals surface area contributed by atoms with Crippen LogP contribution in [-0.2, 0) is 4.74 Å². The summed E-state index contributed by atoms with van der Waals surface area (Å²) in [5, 5.41) is 3.52. The quantitative estimate of drug-likeness (QED) is 0.697. The molecule has 0 aromatic heterocycles. The third kappa shape index (κ3) is 5.98. The lowest BCUT2D eigenvalue weighted by Crippen LogP contribution is -2.22. The van der Waals surface area contributed by atoms with Crippen molar-refractivity contribution in [2.24, 2.45) is 0 Å². The van der Waals surface area contributed by atoms with Crippen molar-refractivity contribution in [1.29, 1.82) is 0 Å². The minimum absolute atomic E-state index is 0.583. The van der Waals surface area contributed by atoms with Gasteiger partial charge in [-0.25, -0.2) is 0 Å². The van der Waals surface area contributed by atoms with Gasteiger partial charge in [-0.2, -0.15) is 0 Å². The van der Waals surface area contributed by atoms with Crippen molar-refractivity contribution in [3.63, 3.8) is 0 Å². The summed E-state index contributed by atoms with van der Waals surface area (Å²) in [7, 11) is 1.77.